The fraction of sp³-hybridized carbons (Fsp3) is 0.688. The first-order valence-electron chi connectivity index (χ1n) is 7.19. The summed E-state index contributed by atoms with van der Waals surface area (Å²) in [4.78, 5) is 13.3. The average molecular weight is 351 g/mol. The number of amides is 1. The van der Waals surface area contributed by atoms with Crippen LogP contribution in [0.25, 0.3) is 0 Å². The summed E-state index contributed by atoms with van der Waals surface area (Å²) in [5, 5.41) is 0. The Kier molecular flexibility index (Phi) is 6.93. The summed E-state index contributed by atoms with van der Waals surface area (Å²) in [7, 11) is 1.87. The molecule has 0 spiro atoms. The van der Waals surface area contributed by atoms with Crippen LogP contribution >= 0.6 is 0 Å². The number of likely N-dealkylation sites (N-methyl/N-ethyl adjacent to an activating group) is 1. The molecule has 0 N–H and O–H groups in total. The van der Waals surface area contributed by atoms with Crippen molar-refractivity contribution in [2.45, 2.75) is 46.1 Å². The van der Waals surface area contributed by atoms with Crippen LogP contribution < -0.4 is 0 Å². The average Bonchev–Trinajstić information content (AvgIpc) is 2.67. The Morgan fingerprint density at radius 3 is 2.70 bits per heavy atom. The smallest absolute Gasteiger partial charge is 0.222 e. The minimum atomic E-state index is 0. The third-order valence-electron chi connectivity index (χ3n) is 4.15. The molecule has 0 aromatic rings. The monoisotopic (exact) mass is 351 g/mol. The van der Waals surface area contributed by atoms with E-state index < -0.39 is 0 Å². The summed E-state index contributed by atoms with van der Waals surface area (Å²) in [6.07, 6.45) is 7.86. The van der Waals surface area contributed by atoms with Crippen LogP contribution in [0.2, 0.25) is 0 Å². The van der Waals surface area contributed by atoms with Crippen LogP contribution in [-0.2, 0) is 42.2 Å². The standard InChI is InChI=1S/C16H24NO2.Y/c1-11(2)15-7-6-14(9-12(15)3)19-10-13-5-8-16(18)17(13)4;/h6,11-13H,5,8-10H2,1-4H3;/q-1;. The molecule has 0 saturated carbocycles. The van der Waals surface area contributed by atoms with Gasteiger partial charge in [-0.15, -0.1) is 0 Å². The first-order chi connectivity index (χ1) is 8.99. The minimum absolute atomic E-state index is 0. The number of nitrogens with zero attached hydrogens (tertiary/aromatic N) is 1. The molecule has 1 aliphatic carbocycles. The number of hydrogen-bond donors (Lipinski definition) is 0. The van der Waals surface area contributed by atoms with Gasteiger partial charge in [0.2, 0.25) is 5.91 Å². The summed E-state index contributed by atoms with van der Waals surface area (Å²) in [6.45, 7) is 7.25. The molecule has 0 bridgehead atoms. The molecule has 1 amide bonds. The fourth-order valence-electron chi connectivity index (χ4n) is 2.88. The van der Waals surface area contributed by atoms with Crippen molar-refractivity contribution in [2.24, 2.45) is 11.8 Å². The minimum Gasteiger partial charge on any atom is -0.581 e. The molecule has 0 aromatic carbocycles. The van der Waals surface area contributed by atoms with E-state index >= 15 is 0 Å². The van der Waals surface area contributed by atoms with E-state index in [1.54, 1.807) is 0 Å². The molecule has 4 heteroatoms. The molecule has 1 aliphatic heterocycles. The van der Waals surface area contributed by atoms with E-state index in [4.69, 9.17) is 4.74 Å². The van der Waals surface area contributed by atoms with Gasteiger partial charge in [0.1, 0.15) is 0 Å². The molecule has 1 heterocycles. The molecule has 0 aromatic heterocycles. The van der Waals surface area contributed by atoms with E-state index in [1.165, 1.54) is 5.57 Å². The number of carbonyl (C=O) groups excluding carboxylic acids is 1. The summed E-state index contributed by atoms with van der Waals surface area (Å²) in [5.41, 5.74) is 1.38. The van der Waals surface area contributed by atoms with Gasteiger partial charge in [0, 0.05) is 46.2 Å². The van der Waals surface area contributed by atoms with Gasteiger partial charge in [0.15, 0.2) is 0 Å². The molecule has 2 rings (SSSR count). The zero-order chi connectivity index (χ0) is 14.0. The van der Waals surface area contributed by atoms with Crippen LogP contribution in [0.15, 0.2) is 17.4 Å². The van der Waals surface area contributed by atoms with E-state index in [9.17, 15) is 4.79 Å². The Bertz CT molecular complexity index is 415. The Morgan fingerprint density at radius 1 is 1.50 bits per heavy atom. The van der Waals surface area contributed by atoms with Crippen molar-refractivity contribution in [3.05, 3.63) is 23.5 Å². The van der Waals surface area contributed by atoms with E-state index in [0.29, 0.717) is 24.9 Å². The van der Waals surface area contributed by atoms with E-state index in [1.807, 2.05) is 18.0 Å². The zero-order valence-corrected chi connectivity index (χ0v) is 15.8. The molecule has 1 saturated heterocycles. The van der Waals surface area contributed by atoms with Crippen LogP contribution in [0.5, 0.6) is 0 Å². The van der Waals surface area contributed by atoms with Crippen molar-refractivity contribution in [3.63, 3.8) is 0 Å². The van der Waals surface area contributed by atoms with Crippen molar-refractivity contribution in [1.29, 1.82) is 0 Å². The molecule has 1 fully saturated rings. The molecule has 2 aliphatic rings. The topological polar surface area (TPSA) is 29.5 Å². The largest absolute Gasteiger partial charge is 0.581 e. The third-order valence-corrected chi connectivity index (χ3v) is 4.15. The van der Waals surface area contributed by atoms with Crippen LogP contribution in [0.1, 0.15) is 40.0 Å². The van der Waals surface area contributed by atoms with Gasteiger partial charge in [-0.05, 0) is 18.3 Å². The molecule has 20 heavy (non-hydrogen) atoms. The maximum atomic E-state index is 11.4. The van der Waals surface area contributed by atoms with Crippen molar-refractivity contribution in [3.8, 4) is 0 Å². The summed E-state index contributed by atoms with van der Waals surface area (Å²) in [5.74, 6) is 2.28. The predicted octanol–water partition coefficient (Wildman–Crippen LogP) is 2.93. The van der Waals surface area contributed by atoms with Crippen molar-refractivity contribution in [1.82, 2.24) is 4.90 Å². The maximum Gasteiger partial charge on any atom is 0.222 e. The second-order valence-corrected chi connectivity index (χ2v) is 5.98. The van der Waals surface area contributed by atoms with Gasteiger partial charge in [-0.3, -0.25) is 4.79 Å². The molecule has 1 radical (unpaired) electrons. The van der Waals surface area contributed by atoms with Crippen LogP contribution in [0, 0.1) is 17.9 Å². The van der Waals surface area contributed by atoms with Crippen LogP contribution in [-0.4, -0.2) is 30.5 Å². The van der Waals surface area contributed by atoms with Gasteiger partial charge >= 0.3 is 0 Å². The van der Waals surface area contributed by atoms with Crippen LogP contribution in [0.3, 0.4) is 0 Å². The van der Waals surface area contributed by atoms with E-state index in [2.05, 4.69) is 26.8 Å². The normalized spacial score (nSPS) is 26.2. The molecule has 3 nitrogen and oxygen atoms in total. The third kappa shape index (κ3) is 4.17. The van der Waals surface area contributed by atoms with Gasteiger partial charge in [-0.1, -0.05) is 33.0 Å². The number of allylic oxidation sites excluding steroid dienone is 4. The van der Waals surface area contributed by atoms with Gasteiger partial charge in [0.05, 0.1) is 12.6 Å². The molecule has 109 valence electrons. The van der Waals surface area contributed by atoms with Crippen molar-refractivity contribution < 1.29 is 42.2 Å². The zero-order valence-electron chi connectivity index (χ0n) is 13.0. The van der Waals surface area contributed by atoms with Crippen molar-refractivity contribution in [2.75, 3.05) is 13.7 Å². The van der Waals surface area contributed by atoms with Gasteiger partial charge in [-0.25, -0.2) is 6.08 Å². The van der Waals surface area contributed by atoms with E-state index in [-0.39, 0.29) is 44.7 Å². The summed E-state index contributed by atoms with van der Waals surface area (Å²) in [6, 6.07) is 0.235. The van der Waals surface area contributed by atoms with Crippen LogP contribution in [0.4, 0.5) is 0 Å². The Labute approximate surface area is 147 Å². The molecular formula is C16H24NO2Y-. The second-order valence-electron chi connectivity index (χ2n) is 5.98. The molecule has 2 unspecified atom stereocenters. The number of likely N-dealkylation sites (tertiary alicyclic amines) is 1. The number of ether oxygens (including phenoxy) is 1. The Hall–Kier alpha value is -0.146. The predicted molar refractivity (Wildman–Crippen MR) is 75.2 cm³/mol. The first kappa shape index (κ1) is 17.9. The first-order valence-corrected chi connectivity index (χ1v) is 7.19. The number of carbonyl (C=O) groups is 1. The molecular weight excluding hydrogens is 327 g/mol. The van der Waals surface area contributed by atoms with Gasteiger partial charge in [-0.2, -0.15) is 11.6 Å². The van der Waals surface area contributed by atoms with E-state index in [0.717, 1.165) is 18.6 Å². The SMILES string of the molecule is CC(C)C1=[C-]C=C(OCC2CCC(=O)N2C)CC1C.[Y]. The number of hydrogen-bond acceptors (Lipinski definition) is 2. The quantitative estimate of drug-likeness (QED) is 0.729. The second kappa shape index (κ2) is 7.75. The Morgan fingerprint density at radius 2 is 2.20 bits per heavy atom. The summed E-state index contributed by atoms with van der Waals surface area (Å²) < 4.78 is 5.88. The molecule has 2 atom stereocenters. The van der Waals surface area contributed by atoms with Crippen molar-refractivity contribution >= 4 is 5.91 Å². The summed E-state index contributed by atoms with van der Waals surface area (Å²) >= 11 is 0. The maximum absolute atomic E-state index is 11.4. The Balaban J connectivity index is 0.00000200. The fourth-order valence-corrected chi connectivity index (χ4v) is 2.88. The van der Waals surface area contributed by atoms with Gasteiger partial charge < -0.3 is 9.64 Å². The van der Waals surface area contributed by atoms with Gasteiger partial charge in [0.25, 0.3) is 0 Å². The number of rotatable bonds is 4.